The molecule has 0 spiro atoms. The molecule has 1 heterocycles. The van der Waals surface area contributed by atoms with E-state index in [-0.39, 0.29) is 6.04 Å². The van der Waals surface area contributed by atoms with Crippen molar-refractivity contribution in [3.05, 3.63) is 55.7 Å². The molecule has 16 heavy (non-hydrogen) atoms. The van der Waals surface area contributed by atoms with Crippen molar-refractivity contribution in [2.45, 2.75) is 13.0 Å². The third-order valence-corrected chi connectivity index (χ3v) is 4.02. The summed E-state index contributed by atoms with van der Waals surface area (Å²) in [4.78, 5) is 1.07. The van der Waals surface area contributed by atoms with Crippen molar-refractivity contribution in [1.29, 1.82) is 0 Å². The van der Waals surface area contributed by atoms with Crippen LogP contribution in [0.2, 0.25) is 9.36 Å². The number of aryl methyl sites for hydroxylation is 1. The van der Waals surface area contributed by atoms with Crippen LogP contribution in [0.1, 0.15) is 22.0 Å². The summed E-state index contributed by atoms with van der Waals surface area (Å²) in [6.45, 7) is 2.01. The zero-order valence-electron chi connectivity index (χ0n) is 8.71. The second kappa shape index (κ2) is 4.76. The molecule has 0 aliphatic heterocycles. The fraction of sp³-hybridized carbons (Fsp3) is 0.167. The van der Waals surface area contributed by atoms with Gasteiger partial charge in [0.2, 0.25) is 0 Å². The lowest BCUT2D eigenvalue weighted by atomic mass is 10.0. The number of rotatable bonds is 2. The van der Waals surface area contributed by atoms with E-state index in [9.17, 15) is 0 Å². The van der Waals surface area contributed by atoms with E-state index >= 15 is 0 Å². The van der Waals surface area contributed by atoms with E-state index < -0.39 is 0 Å². The SMILES string of the molecule is Cc1cc(Cl)ccc1C(N)c1ccc(Cl)s1. The number of hydrogen-bond donors (Lipinski definition) is 1. The Labute approximate surface area is 109 Å². The quantitative estimate of drug-likeness (QED) is 0.860. The average Bonchev–Trinajstić information content (AvgIpc) is 2.64. The van der Waals surface area contributed by atoms with Crippen LogP contribution in [0.15, 0.2) is 30.3 Å². The first-order valence-electron chi connectivity index (χ1n) is 4.85. The van der Waals surface area contributed by atoms with E-state index in [1.165, 1.54) is 11.3 Å². The second-order valence-corrected chi connectivity index (χ2v) is 5.80. The van der Waals surface area contributed by atoms with E-state index in [1.54, 1.807) is 0 Å². The minimum absolute atomic E-state index is 0.130. The van der Waals surface area contributed by atoms with Gasteiger partial charge in [0.1, 0.15) is 0 Å². The second-order valence-electron chi connectivity index (χ2n) is 3.62. The number of thiophene rings is 1. The van der Waals surface area contributed by atoms with E-state index in [0.29, 0.717) is 0 Å². The summed E-state index contributed by atoms with van der Waals surface area (Å²) < 4.78 is 0.761. The minimum Gasteiger partial charge on any atom is -0.320 e. The summed E-state index contributed by atoms with van der Waals surface area (Å²) in [5, 5.41) is 0.734. The zero-order valence-corrected chi connectivity index (χ0v) is 11.0. The molecule has 0 saturated carbocycles. The van der Waals surface area contributed by atoms with Crippen LogP contribution in [0.5, 0.6) is 0 Å². The lowest BCUT2D eigenvalue weighted by Gasteiger charge is -2.13. The minimum atomic E-state index is -0.130. The number of halogens is 2. The lowest BCUT2D eigenvalue weighted by molar-refractivity contribution is 0.883. The molecule has 0 radical (unpaired) electrons. The van der Waals surface area contributed by atoms with Crippen LogP contribution in [0.25, 0.3) is 0 Å². The molecular formula is C12H11Cl2NS. The normalized spacial score (nSPS) is 12.8. The Morgan fingerprint density at radius 1 is 1.19 bits per heavy atom. The first-order valence-corrected chi connectivity index (χ1v) is 6.42. The Kier molecular flexibility index (Phi) is 3.55. The van der Waals surface area contributed by atoms with Crippen molar-refractivity contribution in [3.8, 4) is 0 Å². The molecule has 1 nitrogen and oxygen atoms in total. The summed E-state index contributed by atoms with van der Waals surface area (Å²) in [7, 11) is 0. The van der Waals surface area contributed by atoms with Crippen molar-refractivity contribution in [2.75, 3.05) is 0 Å². The standard InChI is InChI=1S/C12H11Cl2NS/c1-7-6-8(13)2-3-9(7)12(15)10-4-5-11(14)16-10/h2-6,12H,15H2,1H3. The van der Waals surface area contributed by atoms with Crippen molar-refractivity contribution < 1.29 is 0 Å². The average molecular weight is 272 g/mol. The van der Waals surface area contributed by atoms with Crippen LogP contribution < -0.4 is 5.73 Å². The maximum absolute atomic E-state index is 6.19. The molecule has 1 unspecified atom stereocenters. The monoisotopic (exact) mass is 271 g/mol. The highest BCUT2D eigenvalue weighted by Gasteiger charge is 2.13. The topological polar surface area (TPSA) is 26.0 Å². The molecule has 0 bridgehead atoms. The summed E-state index contributed by atoms with van der Waals surface area (Å²) in [5.41, 5.74) is 8.38. The van der Waals surface area contributed by atoms with Gasteiger partial charge in [-0.2, -0.15) is 0 Å². The summed E-state index contributed by atoms with van der Waals surface area (Å²) >= 11 is 13.3. The third-order valence-electron chi connectivity index (χ3n) is 2.47. The van der Waals surface area contributed by atoms with Crippen molar-refractivity contribution in [1.82, 2.24) is 0 Å². The third kappa shape index (κ3) is 2.41. The van der Waals surface area contributed by atoms with Crippen LogP contribution in [-0.2, 0) is 0 Å². The maximum Gasteiger partial charge on any atom is 0.0931 e. The molecule has 0 aliphatic rings. The largest absolute Gasteiger partial charge is 0.320 e. The Balaban J connectivity index is 2.37. The zero-order chi connectivity index (χ0) is 11.7. The fourth-order valence-electron chi connectivity index (χ4n) is 1.64. The molecular weight excluding hydrogens is 261 g/mol. The highest BCUT2D eigenvalue weighted by Crippen LogP contribution is 2.31. The molecule has 2 N–H and O–H groups in total. The van der Waals surface area contributed by atoms with E-state index in [1.807, 2.05) is 37.3 Å². The number of nitrogens with two attached hydrogens (primary N) is 1. The van der Waals surface area contributed by atoms with Crippen LogP contribution in [0, 0.1) is 6.92 Å². The molecule has 1 atom stereocenters. The van der Waals surface area contributed by atoms with Crippen molar-refractivity contribution in [2.24, 2.45) is 5.73 Å². The summed E-state index contributed by atoms with van der Waals surface area (Å²) in [5.74, 6) is 0. The molecule has 0 saturated heterocycles. The van der Waals surface area contributed by atoms with E-state index in [4.69, 9.17) is 28.9 Å². The Morgan fingerprint density at radius 3 is 2.50 bits per heavy atom. The van der Waals surface area contributed by atoms with Gasteiger partial charge >= 0.3 is 0 Å². The molecule has 0 amide bonds. The van der Waals surface area contributed by atoms with E-state index in [2.05, 4.69) is 0 Å². The molecule has 1 aromatic carbocycles. The Bertz CT molecular complexity index is 507. The van der Waals surface area contributed by atoms with Crippen LogP contribution >= 0.6 is 34.5 Å². The number of benzene rings is 1. The van der Waals surface area contributed by atoms with Crippen LogP contribution in [0.3, 0.4) is 0 Å². The first kappa shape index (κ1) is 11.9. The van der Waals surface area contributed by atoms with Gasteiger partial charge in [-0.25, -0.2) is 0 Å². The van der Waals surface area contributed by atoms with Crippen LogP contribution in [0.4, 0.5) is 0 Å². The van der Waals surface area contributed by atoms with Gasteiger partial charge in [0, 0.05) is 9.90 Å². The highest BCUT2D eigenvalue weighted by molar-refractivity contribution is 7.16. The van der Waals surface area contributed by atoms with Crippen molar-refractivity contribution in [3.63, 3.8) is 0 Å². The van der Waals surface area contributed by atoms with Crippen LogP contribution in [-0.4, -0.2) is 0 Å². The summed E-state index contributed by atoms with van der Waals surface area (Å²) in [6, 6.07) is 9.45. The summed E-state index contributed by atoms with van der Waals surface area (Å²) in [6.07, 6.45) is 0. The number of hydrogen-bond acceptors (Lipinski definition) is 2. The van der Waals surface area contributed by atoms with Crippen molar-refractivity contribution >= 4 is 34.5 Å². The molecule has 0 fully saturated rings. The van der Waals surface area contributed by atoms with Gasteiger partial charge in [0.25, 0.3) is 0 Å². The molecule has 2 aromatic rings. The van der Waals surface area contributed by atoms with Gasteiger partial charge in [-0.05, 0) is 42.3 Å². The van der Waals surface area contributed by atoms with Gasteiger partial charge in [0.05, 0.1) is 10.4 Å². The van der Waals surface area contributed by atoms with E-state index in [0.717, 1.165) is 25.4 Å². The maximum atomic E-state index is 6.19. The highest BCUT2D eigenvalue weighted by atomic mass is 35.5. The fourth-order valence-corrected chi connectivity index (χ4v) is 2.94. The Hall–Kier alpha value is -0.540. The van der Waals surface area contributed by atoms with Gasteiger partial charge in [-0.1, -0.05) is 29.3 Å². The van der Waals surface area contributed by atoms with Gasteiger partial charge in [-0.15, -0.1) is 11.3 Å². The smallest absolute Gasteiger partial charge is 0.0931 e. The Morgan fingerprint density at radius 2 is 1.94 bits per heavy atom. The molecule has 84 valence electrons. The van der Waals surface area contributed by atoms with Gasteiger partial charge in [0.15, 0.2) is 0 Å². The molecule has 1 aromatic heterocycles. The molecule has 4 heteroatoms. The predicted molar refractivity (Wildman–Crippen MR) is 71.5 cm³/mol. The predicted octanol–water partition coefficient (Wildman–Crippen LogP) is 4.41. The van der Waals surface area contributed by atoms with Gasteiger partial charge in [-0.3, -0.25) is 0 Å². The molecule has 0 aliphatic carbocycles. The van der Waals surface area contributed by atoms with Gasteiger partial charge < -0.3 is 5.73 Å². The molecule has 2 rings (SSSR count). The first-order chi connectivity index (χ1) is 7.58. The lowest BCUT2D eigenvalue weighted by Crippen LogP contribution is -2.11.